The Labute approximate surface area is 117 Å². The van der Waals surface area contributed by atoms with E-state index in [0.29, 0.717) is 0 Å². The van der Waals surface area contributed by atoms with Gasteiger partial charge in [0, 0.05) is 11.6 Å². The lowest BCUT2D eigenvalue weighted by Crippen LogP contribution is -1.88. The molecule has 20 heavy (non-hydrogen) atoms. The van der Waals surface area contributed by atoms with Gasteiger partial charge in [0.15, 0.2) is 0 Å². The quantitative estimate of drug-likeness (QED) is 0.587. The minimum atomic E-state index is 0.995. The fraction of sp³-hybridized carbons (Fsp3) is 0.235. The van der Waals surface area contributed by atoms with Gasteiger partial charge in [-0.1, -0.05) is 37.6 Å². The molecule has 0 aliphatic carbocycles. The molecule has 3 heterocycles. The van der Waals surface area contributed by atoms with Crippen LogP contribution in [0.15, 0.2) is 42.6 Å². The molecule has 3 heteroatoms. The molecule has 0 radical (unpaired) electrons. The molecule has 3 aromatic heterocycles. The highest BCUT2D eigenvalue weighted by atomic mass is 15.1. The molecule has 0 aliphatic rings. The van der Waals surface area contributed by atoms with Crippen molar-refractivity contribution < 1.29 is 0 Å². The van der Waals surface area contributed by atoms with Crippen LogP contribution in [0, 0.1) is 0 Å². The van der Waals surface area contributed by atoms with Crippen molar-refractivity contribution in [2.75, 3.05) is 0 Å². The number of aromatic amines is 1. The van der Waals surface area contributed by atoms with Crippen LogP contribution in [-0.4, -0.2) is 14.4 Å². The van der Waals surface area contributed by atoms with E-state index >= 15 is 0 Å². The van der Waals surface area contributed by atoms with Crippen molar-refractivity contribution in [2.24, 2.45) is 0 Å². The predicted octanol–water partition coefficient (Wildman–Crippen LogP) is 4.31. The van der Waals surface area contributed by atoms with Gasteiger partial charge >= 0.3 is 0 Å². The lowest BCUT2D eigenvalue weighted by molar-refractivity contribution is 0.798. The summed E-state index contributed by atoms with van der Waals surface area (Å²) in [5.74, 6) is 0. The Morgan fingerprint density at radius 1 is 1.15 bits per heavy atom. The number of nitrogens with one attached hydrogen (secondary N) is 1. The van der Waals surface area contributed by atoms with E-state index in [4.69, 9.17) is 4.98 Å². The molecule has 0 atom stereocenters. The summed E-state index contributed by atoms with van der Waals surface area (Å²) in [6.07, 6.45) is 5.63. The molecule has 0 bridgehead atoms. The summed E-state index contributed by atoms with van der Waals surface area (Å²) in [5, 5.41) is 1.23. The minimum Gasteiger partial charge on any atom is -0.339 e. The van der Waals surface area contributed by atoms with Crippen LogP contribution in [0.3, 0.4) is 0 Å². The maximum absolute atomic E-state index is 4.76. The Balaban J connectivity index is 2.04. The Hall–Kier alpha value is -2.29. The SMILES string of the molecule is CCCCc1cccc2c1[nH]c1c2nc2ccccn21. The number of aryl methyl sites for hydroxylation is 1. The summed E-state index contributed by atoms with van der Waals surface area (Å²) in [6, 6.07) is 12.6. The van der Waals surface area contributed by atoms with Gasteiger partial charge in [0.2, 0.25) is 0 Å². The second-order valence-corrected chi connectivity index (χ2v) is 5.31. The molecule has 0 aliphatic heterocycles. The lowest BCUT2D eigenvalue weighted by Gasteiger charge is -2.01. The highest BCUT2D eigenvalue weighted by Crippen LogP contribution is 2.28. The van der Waals surface area contributed by atoms with Crippen molar-refractivity contribution >= 4 is 27.7 Å². The van der Waals surface area contributed by atoms with E-state index in [0.717, 1.165) is 23.2 Å². The first-order valence-electron chi connectivity index (χ1n) is 7.25. The van der Waals surface area contributed by atoms with E-state index in [2.05, 4.69) is 40.7 Å². The first-order valence-corrected chi connectivity index (χ1v) is 7.25. The number of imidazole rings is 1. The van der Waals surface area contributed by atoms with Crippen LogP contribution in [0.1, 0.15) is 25.3 Å². The van der Waals surface area contributed by atoms with Crippen molar-refractivity contribution in [3.63, 3.8) is 0 Å². The first-order chi connectivity index (χ1) is 9.88. The summed E-state index contributed by atoms with van der Waals surface area (Å²) in [7, 11) is 0. The van der Waals surface area contributed by atoms with Crippen LogP contribution < -0.4 is 0 Å². The number of unbranched alkanes of at least 4 members (excludes halogenated alkanes) is 1. The molecule has 0 amide bonds. The number of aromatic nitrogens is 3. The highest BCUT2D eigenvalue weighted by Gasteiger charge is 2.12. The zero-order chi connectivity index (χ0) is 13.5. The maximum atomic E-state index is 4.76. The summed E-state index contributed by atoms with van der Waals surface area (Å²) < 4.78 is 2.12. The van der Waals surface area contributed by atoms with Crippen LogP contribution in [0.5, 0.6) is 0 Å². The Bertz CT molecular complexity index is 898. The third-order valence-corrected chi connectivity index (χ3v) is 3.98. The van der Waals surface area contributed by atoms with Crippen LogP contribution in [0.2, 0.25) is 0 Å². The predicted molar refractivity (Wildman–Crippen MR) is 83.2 cm³/mol. The number of hydrogen-bond donors (Lipinski definition) is 1. The van der Waals surface area contributed by atoms with Crippen molar-refractivity contribution in [3.05, 3.63) is 48.2 Å². The number of hydrogen-bond acceptors (Lipinski definition) is 1. The first kappa shape index (κ1) is 11.5. The third kappa shape index (κ3) is 1.56. The van der Waals surface area contributed by atoms with E-state index in [1.165, 1.54) is 29.3 Å². The van der Waals surface area contributed by atoms with Gasteiger partial charge in [-0.2, -0.15) is 0 Å². The summed E-state index contributed by atoms with van der Waals surface area (Å²) in [6.45, 7) is 2.23. The molecule has 0 unspecified atom stereocenters. The van der Waals surface area contributed by atoms with E-state index in [1.807, 2.05) is 18.2 Å². The van der Waals surface area contributed by atoms with Crippen molar-refractivity contribution in [3.8, 4) is 0 Å². The van der Waals surface area contributed by atoms with Crippen molar-refractivity contribution in [1.29, 1.82) is 0 Å². The number of pyridine rings is 1. The molecule has 3 nitrogen and oxygen atoms in total. The zero-order valence-electron chi connectivity index (χ0n) is 11.6. The van der Waals surface area contributed by atoms with Gasteiger partial charge in [-0.05, 0) is 30.5 Å². The molecule has 100 valence electrons. The number of rotatable bonds is 3. The van der Waals surface area contributed by atoms with Gasteiger partial charge in [-0.3, -0.25) is 4.40 Å². The minimum absolute atomic E-state index is 0.995. The van der Waals surface area contributed by atoms with E-state index in [1.54, 1.807) is 0 Å². The lowest BCUT2D eigenvalue weighted by atomic mass is 10.1. The number of fused-ring (bicyclic) bond motifs is 5. The average Bonchev–Trinajstić information content (AvgIpc) is 3.01. The molecule has 0 fully saturated rings. The topological polar surface area (TPSA) is 33.1 Å². The molecular weight excluding hydrogens is 246 g/mol. The average molecular weight is 263 g/mol. The molecule has 0 saturated heterocycles. The second-order valence-electron chi connectivity index (χ2n) is 5.31. The summed E-state index contributed by atoms with van der Waals surface area (Å²) >= 11 is 0. The van der Waals surface area contributed by atoms with Gasteiger partial charge in [-0.25, -0.2) is 4.98 Å². The third-order valence-electron chi connectivity index (χ3n) is 3.98. The van der Waals surface area contributed by atoms with E-state index in [9.17, 15) is 0 Å². The largest absolute Gasteiger partial charge is 0.339 e. The summed E-state index contributed by atoms with van der Waals surface area (Å²) in [5.41, 5.74) is 5.81. The zero-order valence-corrected chi connectivity index (χ0v) is 11.6. The number of para-hydroxylation sites is 1. The van der Waals surface area contributed by atoms with Gasteiger partial charge in [0.05, 0.1) is 5.52 Å². The molecule has 0 spiro atoms. The summed E-state index contributed by atoms with van der Waals surface area (Å²) in [4.78, 5) is 8.34. The van der Waals surface area contributed by atoms with Crippen molar-refractivity contribution in [2.45, 2.75) is 26.2 Å². The fourth-order valence-electron chi connectivity index (χ4n) is 2.94. The second kappa shape index (κ2) is 4.37. The molecule has 0 saturated carbocycles. The van der Waals surface area contributed by atoms with Gasteiger partial charge in [0.1, 0.15) is 16.8 Å². The van der Waals surface area contributed by atoms with Gasteiger partial charge < -0.3 is 4.98 Å². The van der Waals surface area contributed by atoms with Crippen molar-refractivity contribution in [1.82, 2.24) is 14.4 Å². The Morgan fingerprint density at radius 3 is 3.00 bits per heavy atom. The van der Waals surface area contributed by atoms with Crippen LogP contribution in [0.4, 0.5) is 0 Å². The fourth-order valence-corrected chi connectivity index (χ4v) is 2.94. The standard InChI is InChI=1S/C17H17N3/c1-2-3-7-12-8-6-9-13-15(12)19-17-16(13)18-14-10-4-5-11-20(14)17/h4-6,8-11,19H,2-3,7H2,1H3. The number of benzene rings is 1. The van der Waals surface area contributed by atoms with Gasteiger partial charge in [0.25, 0.3) is 0 Å². The van der Waals surface area contributed by atoms with E-state index in [-0.39, 0.29) is 0 Å². The molecule has 4 rings (SSSR count). The number of H-pyrrole nitrogens is 1. The Morgan fingerprint density at radius 2 is 2.10 bits per heavy atom. The number of nitrogens with zero attached hydrogens (tertiary/aromatic N) is 2. The molecule has 1 N–H and O–H groups in total. The van der Waals surface area contributed by atoms with E-state index < -0.39 is 0 Å². The Kier molecular flexibility index (Phi) is 2.52. The maximum Gasteiger partial charge on any atom is 0.143 e. The van der Waals surface area contributed by atoms with Gasteiger partial charge in [-0.15, -0.1) is 0 Å². The molecule has 4 aromatic rings. The van der Waals surface area contributed by atoms with Crippen LogP contribution in [0.25, 0.3) is 27.7 Å². The normalized spacial score (nSPS) is 11.8. The van der Waals surface area contributed by atoms with Crippen LogP contribution in [-0.2, 0) is 6.42 Å². The molecule has 1 aromatic carbocycles. The van der Waals surface area contributed by atoms with Crippen LogP contribution >= 0.6 is 0 Å². The highest BCUT2D eigenvalue weighted by molar-refractivity contribution is 6.06. The smallest absolute Gasteiger partial charge is 0.143 e. The molecular formula is C17H17N3. The monoisotopic (exact) mass is 263 g/mol.